The molecule has 0 atom stereocenters. The van der Waals surface area contributed by atoms with Gasteiger partial charge in [-0.3, -0.25) is 4.79 Å². The van der Waals surface area contributed by atoms with Gasteiger partial charge in [0.2, 0.25) is 0 Å². The van der Waals surface area contributed by atoms with Crippen molar-refractivity contribution < 1.29 is 15.0 Å². The number of aromatic hydroxyl groups is 2. The highest BCUT2D eigenvalue weighted by molar-refractivity contribution is 6.16. The first kappa shape index (κ1) is 20.1. The summed E-state index contributed by atoms with van der Waals surface area (Å²) >= 11 is 0. The first-order valence-corrected chi connectivity index (χ1v) is 10.0. The summed E-state index contributed by atoms with van der Waals surface area (Å²) in [6.07, 6.45) is 3.18. The number of phenolic OH excluding ortho intramolecular Hbond substituents is 2. The Morgan fingerprint density at radius 3 is 2.60 bits per heavy atom. The third-order valence-electron chi connectivity index (χ3n) is 5.57. The smallest absolute Gasteiger partial charge is 0.274 e. The predicted molar refractivity (Wildman–Crippen MR) is 117 cm³/mol. The number of phenols is 2. The number of hydrogen-bond acceptors (Lipinski definition) is 5. The van der Waals surface area contributed by atoms with Crippen molar-refractivity contribution in [3.8, 4) is 22.6 Å². The average Bonchev–Trinajstić information content (AvgIpc) is 3.27. The molecule has 0 bridgehead atoms. The van der Waals surface area contributed by atoms with Crippen LogP contribution >= 0.6 is 0 Å². The summed E-state index contributed by atoms with van der Waals surface area (Å²) in [7, 11) is 5.76. The largest absolute Gasteiger partial charge is 0.507 e. The molecule has 1 amide bonds. The number of nitrogens with zero attached hydrogens (tertiary/aromatic N) is 2. The summed E-state index contributed by atoms with van der Waals surface area (Å²) in [6, 6.07) is 7.02. The first-order valence-electron chi connectivity index (χ1n) is 10.0. The number of aromatic amines is 1. The topological polar surface area (TPSA) is 101 Å². The van der Waals surface area contributed by atoms with E-state index in [4.69, 9.17) is 0 Å². The molecule has 0 spiro atoms. The Labute approximate surface area is 174 Å². The second kappa shape index (κ2) is 7.93. The molecule has 156 valence electrons. The number of fused-ring (bicyclic) bond motifs is 2. The molecule has 0 aliphatic carbocycles. The zero-order valence-corrected chi connectivity index (χ0v) is 17.4. The molecule has 1 aliphatic rings. The second-order valence-corrected chi connectivity index (χ2v) is 7.86. The Hall–Kier alpha value is -3.16. The third kappa shape index (κ3) is 3.36. The second-order valence-electron chi connectivity index (χ2n) is 7.86. The highest BCUT2D eigenvalue weighted by atomic mass is 16.3. The van der Waals surface area contributed by atoms with Crippen molar-refractivity contribution in [3.63, 3.8) is 0 Å². The van der Waals surface area contributed by atoms with Crippen LogP contribution < -0.4 is 15.9 Å². The van der Waals surface area contributed by atoms with Crippen LogP contribution in [-0.4, -0.2) is 60.2 Å². The SMILES string of the molecule is CNCCc1c[nH]c2ccc(-c3ccc(O)c4c3=NC(=O)C=4CCN(C)C)c(O)c12. The van der Waals surface area contributed by atoms with Gasteiger partial charge in [0.05, 0.1) is 10.6 Å². The number of hydrogen-bond donors (Lipinski definition) is 4. The van der Waals surface area contributed by atoms with Gasteiger partial charge in [0.25, 0.3) is 5.91 Å². The minimum atomic E-state index is -0.327. The number of amides is 1. The van der Waals surface area contributed by atoms with E-state index in [1.54, 1.807) is 12.1 Å². The standard InChI is InChI=1S/C23H26N4O3/c1-24-10-8-13-12-25-17-6-4-15(22(29)19(13)17)14-5-7-18(28)20-16(9-11-27(2)3)23(30)26-21(14)20/h4-7,12,24-25,28-29H,8-11H2,1-3H3. The summed E-state index contributed by atoms with van der Waals surface area (Å²) < 4.78 is 0. The maximum absolute atomic E-state index is 12.6. The maximum atomic E-state index is 12.6. The van der Waals surface area contributed by atoms with Gasteiger partial charge in [0, 0.05) is 40.3 Å². The molecule has 2 aromatic carbocycles. The molecule has 4 rings (SSSR count). The van der Waals surface area contributed by atoms with Gasteiger partial charge in [-0.2, -0.15) is 0 Å². The van der Waals surface area contributed by atoms with Gasteiger partial charge in [0.15, 0.2) is 0 Å². The lowest BCUT2D eigenvalue weighted by Gasteiger charge is -2.10. The van der Waals surface area contributed by atoms with Crippen molar-refractivity contribution in [2.75, 3.05) is 34.2 Å². The van der Waals surface area contributed by atoms with Crippen molar-refractivity contribution in [1.29, 1.82) is 0 Å². The molecule has 30 heavy (non-hydrogen) atoms. The van der Waals surface area contributed by atoms with E-state index >= 15 is 0 Å². The van der Waals surface area contributed by atoms with E-state index in [-0.39, 0.29) is 17.4 Å². The number of nitrogens with one attached hydrogen (secondary N) is 2. The summed E-state index contributed by atoms with van der Waals surface area (Å²) in [5, 5.41) is 26.4. The van der Waals surface area contributed by atoms with Gasteiger partial charge in [-0.1, -0.05) is 0 Å². The molecule has 0 saturated heterocycles. The summed E-state index contributed by atoms with van der Waals surface area (Å²) in [6.45, 7) is 1.47. The third-order valence-corrected chi connectivity index (χ3v) is 5.57. The lowest BCUT2D eigenvalue weighted by molar-refractivity contribution is -0.112. The average molecular weight is 406 g/mol. The van der Waals surface area contributed by atoms with Crippen LogP contribution in [0.3, 0.4) is 0 Å². The van der Waals surface area contributed by atoms with Crippen LogP contribution in [0, 0.1) is 0 Å². The van der Waals surface area contributed by atoms with Gasteiger partial charge in [-0.15, -0.1) is 0 Å². The van der Waals surface area contributed by atoms with Gasteiger partial charge in [-0.05, 0) is 70.4 Å². The molecular weight excluding hydrogens is 380 g/mol. The molecule has 1 aliphatic heterocycles. The van der Waals surface area contributed by atoms with Crippen LogP contribution in [0.15, 0.2) is 35.5 Å². The molecular formula is C23H26N4O3. The zero-order chi connectivity index (χ0) is 21.4. The van der Waals surface area contributed by atoms with Crippen molar-refractivity contribution in [3.05, 3.63) is 46.6 Å². The monoisotopic (exact) mass is 406 g/mol. The molecule has 7 heteroatoms. The van der Waals surface area contributed by atoms with Crippen LogP contribution in [0.25, 0.3) is 27.6 Å². The van der Waals surface area contributed by atoms with Crippen LogP contribution in [0.2, 0.25) is 0 Å². The van der Waals surface area contributed by atoms with E-state index < -0.39 is 0 Å². The van der Waals surface area contributed by atoms with Crippen molar-refractivity contribution in [1.82, 2.24) is 15.2 Å². The van der Waals surface area contributed by atoms with E-state index in [9.17, 15) is 15.0 Å². The molecule has 3 aromatic rings. The van der Waals surface area contributed by atoms with Crippen LogP contribution in [0.4, 0.5) is 0 Å². The summed E-state index contributed by atoms with van der Waals surface area (Å²) in [4.78, 5) is 22.0. The highest BCUT2D eigenvalue weighted by Gasteiger charge is 2.23. The fourth-order valence-electron chi connectivity index (χ4n) is 4.00. The molecule has 4 N–H and O–H groups in total. The molecule has 0 radical (unpaired) electrons. The molecule has 2 heterocycles. The molecule has 0 unspecified atom stereocenters. The number of likely N-dealkylation sites (N-methyl/N-ethyl adjacent to an activating group) is 1. The van der Waals surface area contributed by atoms with Gasteiger partial charge < -0.3 is 25.4 Å². The molecule has 7 nitrogen and oxygen atoms in total. The Morgan fingerprint density at radius 2 is 1.87 bits per heavy atom. The van der Waals surface area contributed by atoms with Crippen molar-refractivity contribution in [2.45, 2.75) is 12.8 Å². The number of carbonyl (C=O) groups is 1. The van der Waals surface area contributed by atoms with Gasteiger partial charge in [-0.25, -0.2) is 4.99 Å². The van der Waals surface area contributed by atoms with Crippen molar-refractivity contribution in [2.24, 2.45) is 4.99 Å². The summed E-state index contributed by atoms with van der Waals surface area (Å²) in [5.74, 6) is -0.141. The number of aromatic nitrogens is 1. The Balaban J connectivity index is 1.92. The molecule has 1 aromatic heterocycles. The van der Waals surface area contributed by atoms with E-state index in [1.807, 2.05) is 44.4 Å². The zero-order valence-electron chi connectivity index (χ0n) is 17.4. The molecule has 0 saturated carbocycles. The molecule has 0 fully saturated rings. The van der Waals surface area contributed by atoms with Crippen LogP contribution in [0.1, 0.15) is 12.0 Å². The Morgan fingerprint density at radius 1 is 1.10 bits per heavy atom. The highest BCUT2D eigenvalue weighted by Crippen LogP contribution is 2.37. The Kier molecular flexibility index (Phi) is 5.32. The van der Waals surface area contributed by atoms with E-state index in [0.717, 1.165) is 29.4 Å². The first-order chi connectivity index (χ1) is 14.4. The van der Waals surface area contributed by atoms with Gasteiger partial charge in [0.1, 0.15) is 11.5 Å². The minimum absolute atomic E-state index is 0.0361. The lowest BCUT2D eigenvalue weighted by atomic mass is 9.98. The van der Waals surface area contributed by atoms with Gasteiger partial charge >= 0.3 is 0 Å². The summed E-state index contributed by atoms with van der Waals surface area (Å²) in [5.41, 5.74) is 3.60. The maximum Gasteiger partial charge on any atom is 0.274 e. The van der Waals surface area contributed by atoms with Crippen LogP contribution in [0.5, 0.6) is 11.5 Å². The van der Waals surface area contributed by atoms with E-state index in [1.165, 1.54) is 0 Å². The minimum Gasteiger partial charge on any atom is -0.507 e. The van der Waals surface area contributed by atoms with E-state index in [2.05, 4.69) is 15.3 Å². The fourth-order valence-corrected chi connectivity index (χ4v) is 4.00. The number of H-pyrrole nitrogens is 1. The Bertz CT molecular complexity index is 1260. The fraction of sp³-hybridized carbons (Fsp3) is 0.304. The normalized spacial score (nSPS) is 13.3. The predicted octanol–water partition coefficient (Wildman–Crippen LogP) is 1.27. The lowest BCUT2D eigenvalue weighted by Crippen LogP contribution is -2.27. The quantitative estimate of drug-likeness (QED) is 0.473. The van der Waals surface area contributed by atoms with Crippen molar-refractivity contribution >= 4 is 22.4 Å². The van der Waals surface area contributed by atoms with E-state index in [0.29, 0.717) is 40.2 Å². The van der Waals surface area contributed by atoms with Crippen LogP contribution in [-0.2, 0) is 11.2 Å². The number of rotatable bonds is 7. The number of benzene rings is 2. The number of carbonyl (C=O) groups excluding carboxylic acids is 1.